The second-order valence-corrected chi connectivity index (χ2v) is 7.71. The lowest BCUT2D eigenvalue weighted by molar-refractivity contribution is 0.475. The number of halogens is 1. The number of hydrogen-bond donors (Lipinski definition) is 1. The van der Waals surface area contributed by atoms with Gasteiger partial charge in [0.1, 0.15) is 0 Å². The van der Waals surface area contributed by atoms with E-state index >= 15 is 0 Å². The monoisotopic (exact) mass is 331 g/mol. The van der Waals surface area contributed by atoms with Crippen molar-refractivity contribution in [3.8, 4) is 0 Å². The van der Waals surface area contributed by atoms with E-state index in [0.29, 0.717) is 11.4 Å². The number of hydrogen-bond acceptors (Lipinski definition) is 2. The normalized spacial score (nSPS) is 17.7. The van der Waals surface area contributed by atoms with E-state index in [1.165, 1.54) is 0 Å². The first-order chi connectivity index (χ1) is 8.38. The van der Waals surface area contributed by atoms with E-state index in [4.69, 9.17) is 0 Å². The molecule has 1 aromatic carbocycles. The third-order valence-corrected chi connectivity index (χ3v) is 6.07. The van der Waals surface area contributed by atoms with Crippen molar-refractivity contribution in [3.05, 3.63) is 28.2 Å². The third-order valence-electron chi connectivity index (χ3n) is 3.78. The highest BCUT2D eigenvalue weighted by molar-refractivity contribution is 9.10. The van der Waals surface area contributed by atoms with Crippen molar-refractivity contribution >= 4 is 26.0 Å². The fourth-order valence-corrected chi connectivity index (χ4v) is 3.44. The SMILES string of the molecule is CCC1(CNS(=O)(=O)c2ccc(Br)c(C)c2)CC1. The van der Waals surface area contributed by atoms with Gasteiger partial charge in [0, 0.05) is 11.0 Å². The van der Waals surface area contributed by atoms with Crippen molar-refractivity contribution in [3.63, 3.8) is 0 Å². The zero-order chi connectivity index (χ0) is 13.4. The summed E-state index contributed by atoms with van der Waals surface area (Å²) in [4.78, 5) is 0.343. The van der Waals surface area contributed by atoms with Crippen molar-refractivity contribution in [2.75, 3.05) is 6.54 Å². The molecular formula is C13H18BrNO2S. The molecule has 1 aliphatic rings. The molecule has 0 aromatic heterocycles. The summed E-state index contributed by atoms with van der Waals surface area (Å²) in [6.07, 6.45) is 3.30. The minimum atomic E-state index is -3.37. The highest BCUT2D eigenvalue weighted by Crippen LogP contribution is 2.48. The van der Waals surface area contributed by atoms with Gasteiger partial charge in [0.2, 0.25) is 10.0 Å². The number of rotatable bonds is 5. The maximum Gasteiger partial charge on any atom is 0.240 e. The molecule has 1 fully saturated rings. The van der Waals surface area contributed by atoms with Crippen LogP contribution in [0.15, 0.2) is 27.6 Å². The molecule has 0 spiro atoms. The molecule has 0 amide bonds. The van der Waals surface area contributed by atoms with E-state index < -0.39 is 10.0 Å². The van der Waals surface area contributed by atoms with Crippen LogP contribution in [0.5, 0.6) is 0 Å². The summed E-state index contributed by atoms with van der Waals surface area (Å²) in [7, 11) is -3.37. The number of aryl methyl sites for hydroxylation is 1. The van der Waals surface area contributed by atoms with E-state index in [9.17, 15) is 8.42 Å². The summed E-state index contributed by atoms with van der Waals surface area (Å²) in [5.41, 5.74) is 1.15. The van der Waals surface area contributed by atoms with Crippen LogP contribution in [0.2, 0.25) is 0 Å². The fraction of sp³-hybridized carbons (Fsp3) is 0.538. The molecule has 100 valence electrons. The molecule has 0 heterocycles. The Kier molecular flexibility index (Phi) is 3.85. The van der Waals surface area contributed by atoms with Gasteiger partial charge in [-0.3, -0.25) is 0 Å². The molecule has 0 bridgehead atoms. The van der Waals surface area contributed by atoms with Gasteiger partial charge in [-0.25, -0.2) is 13.1 Å². The first kappa shape index (κ1) is 14.0. The Labute approximate surface area is 117 Å². The molecule has 2 rings (SSSR count). The van der Waals surface area contributed by atoms with Crippen molar-refractivity contribution in [2.45, 2.75) is 38.0 Å². The van der Waals surface area contributed by atoms with Gasteiger partial charge in [-0.2, -0.15) is 0 Å². The van der Waals surface area contributed by atoms with E-state index in [1.807, 2.05) is 6.92 Å². The summed E-state index contributed by atoms with van der Waals surface area (Å²) in [5, 5.41) is 0. The largest absolute Gasteiger partial charge is 0.240 e. The summed E-state index contributed by atoms with van der Waals surface area (Å²) in [6.45, 7) is 4.56. The average Bonchev–Trinajstić information content (AvgIpc) is 3.11. The molecule has 1 N–H and O–H groups in total. The number of sulfonamides is 1. The van der Waals surface area contributed by atoms with Crippen molar-refractivity contribution in [1.29, 1.82) is 0 Å². The molecule has 0 saturated heterocycles. The van der Waals surface area contributed by atoms with E-state index in [1.54, 1.807) is 18.2 Å². The van der Waals surface area contributed by atoms with Crippen molar-refractivity contribution < 1.29 is 8.42 Å². The van der Waals surface area contributed by atoms with Gasteiger partial charge in [-0.05, 0) is 55.4 Å². The molecule has 1 aromatic rings. The Morgan fingerprint density at radius 2 is 2.06 bits per heavy atom. The molecule has 0 radical (unpaired) electrons. The van der Waals surface area contributed by atoms with Gasteiger partial charge in [-0.1, -0.05) is 22.9 Å². The van der Waals surface area contributed by atoms with E-state index in [-0.39, 0.29) is 5.41 Å². The quantitative estimate of drug-likeness (QED) is 0.900. The summed E-state index contributed by atoms with van der Waals surface area (Å²) >= 11 is 3.37. The van der Waals surface area contributed by atoms with Gasteiger partial charge in [0.25, 0.3) is 0 Å². The van der Waals surface area contributed by atoms with Crippen LogP contribution in [0.25, 0.3) is 0 Å². The Morgan fingerprint density at radius 1 is 1.39 bits per heavy atom. The van der Waals surface area contributed by atoms with Crippen LogP contribution in [-0.2, 0) is 10.0 Å². The average molecular weight is 332 g/mol. The first-order valence-electron chi connectivity index (χ1n) is 6.14. The molecule has 0 atom stereocenters. The van der Waals surface area contributed by atoms with Gasteiger partial charge in [0.05, 0.1) is 4.90 Å². The third kappa shape index (κ3) is 2.95. The van der Waals surface area contributed by atoms with Crippen LogP contribution in [0, 0.1) is 12.3 Å². The number of nitrogens with one attached hydrogen (secondary N) is 1. The molecule has 3 nitrogen and oxygen atoms in total. The Bertz CT molecular complexity index is 550. The minimum absolute atomic E-state index is 0.220. The van der Waals surface area contributed by atoms with Gasteiger partial charge < -0.3 is 0 Å². The lowest BCUT2D eigenvalue weighted by atomic mass is 10.1. The van der Waals surface area contributed by atoms with Gasteiger partial charge in [-0.15, -0.1) is 0 Å². The molecule has 1 aliphatic carbocycles. The standard InChI is InChI=1S/C13H18BrNO2S/c1-3-13(6-7-13)9-15-18(16,17)11-4-5-12(14)10(2)8-11/h4-5,8,15H,3,6-7,9H2,1-2H3. The second-order valence-electron chi connectivity index (χ2n) is 5.09. The van der Waals surface area contributed by atoms with Crippen LogP contribution in [0.1, 0.15) is 31.7 Å². The van der Waals surface area contributed by atoms with Crippen molar-refractivity contribution in [1.82, 2.24) is 4.72 Å². The van der Waals surface area contributed by atoms with Crippen LogP contribution in [0.3, 0.4) is 0 Å². The van der Waals surface area contributed by atoms with Crippen molar-refractivity contribution in [2.24, 2.45) is 5.41 Å². The minimum Gasteiger partial charge on any atom is -0.211 e. The maximum absolute atomic E-state index is 12.2. The smallest absolute Gasteiger partial charge is 0.211 e. The molecule has 18 heavy (non-hydrogen) atoms. The maximum atomic E-state index is 12.2. The Morgan fingerprint density at radius 3 is 2.56 bits per heavy atom. The van der Waals surface area contributed by atoms with E-state index in [0.717, 1.165) is 29.3 Å². The summed E-state index contributed by atoms with van der Waals surface area (Å²) in [5.74, 6) is 0. The lowest BCUT2D eigenvalue weighted by Gasteiger charge is -2.14. The summed E-state index contributed by atoms with van der Waals surface area (Å²) < 4.78 is 28.0. The highest BCUT2D eigenvalue weighted by atomic mass is 79.9. The van der Waals surface area contributed by atoms with Crippen LogP contribution < -0.4 is 4.72 Å². The topological polar surface area (TPSA) is 46.2 Å². The second kappa shape index (κ2) is 4.94. The van der Waals surface area contributed by atoms with Gasteiger partial charge >= 0.3 is 0 Å². The molecule has 0 aliphatic heterocycles. The van der Waals surface area contributed by atoms with E-state index in [2.05, 4.69) is 27.6 Å². The fourth-order valence-electron chi connectivity index (χ4n) is 1.95. The molecule has 1 saturated carbocycles. The van der Waals surface area contributed by atoms with Crippen LogP contribution in [0.4, 0.5) is 0 Å². The lowest BCUT2D eigenvalue weighted by Crippen LogP contribution is -2.30. The molecule has 0 unspecified atom stereocenters. The van der Waals surface area contributed by atoms with Crippen LogP contribution >= 0.6 is 15.9 Å². The Hall–Kier alpha value is -0.390. The zero-order valence-electron chi connectivity index (χ0n) is 10.7. The highest BCUT2D eigenvalue weighted by Gasteiger charge is 2.41. The molecule has 5 heteroatoms. The predicted molar refractivity (Wildman–Crippen MR) is 76.0 cm³/mol. The number of benzene rings is 1. The Balaban J connectivity index is 2.13. The molecular weight excluding hydrogens is 314 g/mol. The first-order valence-corrected chi connectivity index (χ1v) is 8.42. The predicted octanol–water partition coefficient (Wildman–Crippen LogP) is 3.23. The summed E-state index contributed by atoms with van der Waals surface area (Å²) in [6, 6.07) is 5.10. The zero-order valence-corrected chi connectivity index (χ0v) is 13.1. The van der Waals surface area contributed by atoms with Gasteiger partial charge in [0.15, 0.2) is 0 Å². The van der Waals surface area contributed by atoms with Crippen LogP contribution in [-0.4, -0.2) is 15.0 Å².